The normalized spacial score (nSPS) is 10.8. The molecule has 15 heavy (non-hydrogen) atoms. The van der Waals surface area contributed by atoms with Crippen molar-refractivity contribution >= 4 is 11.7 Å². The number of carbonyl (C=O) groups excluding carboxylic acids is 1. The summed E-state index contributed by atoms with van der Waals surface area (Å²) >= 11 is 0. The Morgan fingerprint density at radius 3 is 3.00 bits per heavy atom. The highest BCUT2D eigenvalue weighted by Gasteiger charge is 2.12. The van der Waals surface area contributed by atoms with Crippen LogP contribution in [0.1, 0.15) is 23.7 Å². The second kappa shape index (κ2) is 5.19. The highest BCUT2D eigenvalue weighted by molar-refractivity contribution is 5.98. The van der Waals surface area contributed by atoms with Gasteiger partial charge in [0.25, 0.3) is 5.91 Å². The molecule has 1 heterocycles. The summed E-state index contributed by atoms with van der Waals surface area (Å²) in [4.78, 5) is 11.6. The van der Waals surface area contributed by atoms with Crippen molar-refractivity contribution in [2.45, 2.75) is 13.3 Å². The maximum Gasteiger partial charge on any atom is 0.256 e. The van der Waals surface area contributed by atoms with Crippen LogP contribution in [-0.2, 0) is 7.05 Å². The van der Waals surface area contributed by atoms with Gasteiger partial charge in [0, 0.05) is 13.6 Å². The van der Waals surface area contributed by atoms with Crippen LogP contribution in [0.25, 0.3) is 0 Å². The van der Waals surface area contributed by atoms with E-state index in [0.29, 0.717) is 17.9 Å². The molecule has 0 fully saturated rings. The Balaban J connectivity index is 2.51. The first-order valence-electron chi connectivity index (χ1n) is 4.83. The lowest BCUT2D eigenvalue weighted by Crippen LogP contribution is -2.24. The van der Waals surface area contributed by atoms with E-state index in [1.165, 1.54) is 10.9 Å². The summed E-state index contributed by atoms with van der Waals surface area (Å²) in [7, 11) is 1.70. The van der Waals surface area contributed by atoms with Crippen LogP contribution >= 0.6 is 0 Å². The van der Waals surface area contributed by atoms with Crippen LogP contribution in [-0.4, -0.2) is 22.2 Å². The van der Waals surface area contributed by atoms with E-state index in [9.17, 15) is 4.79 Å². The van der Waals surface area contributed by atoms with E-state index in [0.717, 1.165) is 6.42 Å². The predicted molar refractivity (Wildman–Crippen MR) is 59.4 cm³/mol. The van der Waals surface area contributed by atoms with Crippen molar-refractivity contribution in [1.82, 2.24) is 15.1 Å². The number of hydrogen-bond acceptors (Lipinski definition) is 3. The Bertz CT molecular complexity index is 367. The molecule has 82 valence electrons. The first kappa shape index (κ1) is 11.3. The van der Waals surface area contributed by atoms with Crippen molar-refractivity contribution in [2.75, 3.05) is 12.3 Å². The molecule has 1 amide bonds. The van der Waals surface area contributed by atoms with Crippen LogP contribution in [0.2, 0.25) is 0 Å². The highest BCUT2D eigenvalue weighted by atomic mass is 16.1. The minimum atomic E-state index is -0.176. The summed E-state index contributed by atoms with van der Waals surface area (Å²) < 4.78 is 1.47. The third-order valence-corrected chi connectivity index (χ3v) is 2.06. The molecule has 0 saturated carbocycles. The maximum atomic E-state index is 11.6. The predicted octanol–water partition coefficient (Wildman–Crippen LogP) is 0.698. The molecule has 0 aliphatic heterocycles. The molecule has 1 aromatic heterocycles. The zero-order chi connectivity index (χ0) is 11.3. The monoisotopic (exact) mass is 208 g/mol. The van der Waals surface area contributed by atoms with Crippen molar-refractivity contribution < 1.29 is 4.79 Å². The van der Waals surface area contributed by atoms with Gasteiger partial charge in [0.1, 0.15) is 11.4 Å². The van der Waals surface area contributed by atoms with Crippen molar-refractivity contribution in [2.24, 2.45) is 7.05 Å². The number of nitrogens with zero attached hydrogens (tertiary/aromatic N) is 2. The van der Waals surface area contributed by atoms with Crippen molar-refractivity contribution in [1.29, 1.82) is 0 Å². The maximum absolute atomic E-state index is 11.6. The summed E-state index contributed by atoms with van der Waals surface area (Å²) in [5.41, 5.74) is 6.09. The number of nitrogens with two attached hydrogens (primary N) is 1. The summed E-state index contributed by atoms with van der Waals surface area (Å²) in [6.45, 7) is 2.55. The number of nitrogens with one attached hydrogen (secondary N) is 1. The van der Waals surface area contributed by atoms with Gasteiger partial charge in [-0.15, -0.1) is 0 Å². The zero-order valence-electron chi connectivity index (χ0n) is 9.03. The molecule has 0 aromatic carbocycles. The number of anilines is 1. The number of rotatable bonds is 4. The summed E-state index contributed by atoms with van der Waals surface area (Å²) in [6.07, 6.45) is 6.24. The summed E-state index contributed by atoms with van der Waals surface area (Å²) in [5.74, 6) is 0.212. The van der Waals surface area contributed by atoms with Gasteiger partial charge in [0.2, 0.25) is 0 Å². The van der Waals surface area contributed by atoms with E-state index in [1.807, 2.05) is 19.1 Å². The highest BCUT2D eigenvalue weighted by Crippen LogP contribution is 2.08. The third-order valence-electron chi connectivity index (χ3n) is 2.06. The molecule has 5 heteroatoms. The fraction of sp³-hybridized carbons (Fsp3) is 0.400. The van der Waals surface area contributed by atoms with Crippen LogP contribution in [0, 0.1) is 0 Å². The SMILES string of the molecule is C/C=C/CCNC(=O)c1cnn(C)c1N. The number of carbonyl (C=O) groups is 1. The topological polar surface area (TPSA) is 72.9 Å². The van der Waals surface area contributed by atoms with Gasteiger partial charge in [0.05, 0.1) is 6.20 Å². The van der Waals surface area contributed by atoms with Crippen LogP contribution < -0.4 is 11.1 Å². The molecule has 0 atom stereocenters. The third kappa shape index (κ3) is 2.83. The quantitative estimate of drug-likeness (QED) is 0.565. The molecule has 0 saturated heterocycles. The van der Waals surface area contributed by atoms with Crippen LogP contribution in [0.5, 0.6) is 0 Å². The molecular weight excluding hydrogens is 192 g/mol. The lowest BCUT2D eigenvalue weighted by molar-refractivity contribution is 0.0955. The van der Waals surface area contributed by atoms with Gasteiger partial charge in [-0.25, -0.2) is 0 Å². The number of aryl methyl sites for hydroxylation is 1. The molecule has 0 bridgehead atoms. The van der Waals surface area contributed by atoms with Crippen LogP contribution in [0.3, 0.4) is 0 Å². The van der Waals surface area contributed by atoms with Crippen molar-refractivity contribution in [3.8, 4) is 0 Å². The average Bonchev–Trinajstić information content (AvgIpc) is 2.55. The lowest BCUT2D eigenvalue weighted by Gasteiger charge is -2.02. The molecule has 1 rings (SSSR count). The van der Waals surface area contributed by atoms with E-state index in [2.05, 4.69) is 10.4 Å². The standard InChI is InChI=1S/C10H16N4O/c1-3-4-5-6-12-10(15)8-7-13-14(2)9(8)11/h3-4,7H,5-6,11H2,1-2H3,(H,12,15)/b4-3+. The number of aromatic nitrogens is 2. The van der Waals surface area contributed by atoms with Gasteiger partial charge in [-0.05, 0) is 13.3 Å². The summed E-state index contributed by atoms with van der Waals surface area (Å²) in [6, 6.07) is 0. The van der Waals surface area contributed by atoms with E-state index < -0.39 is 0 Å². The molecule has 0 aliphatic rings. The van der Waals surface area contributed by atoms with Crippen LogP contribution in [0.4, 0.5) is 5.82 Å². The van der Waals surface area contributed by atoms with Gasteiger partial charge in [0.15, 0.2) is 0 Å². The second-order valence-corrected chi connectivity index (χ2v) is 3.18. The fourth-order valence-corrected chi connectivity index (χ4v) is 1.15. The summed E-state index contributed by atoms with van der Waals surface area (Å²) in [5, 5.41) is 6.66. The Morgan fingerprint density at radius 1 is 1.73 bits per heavy atom. The Morgan fingerprint density at radius 2 is 2.47 bits per heavy atom. The minimum absolute atomic E-state index is 0.176. The van der Waals surface area contributed by atoms with Crippen molar-refractivity contribution in [3.63, 3.8) is 0 Å². The number of allylic oxidation sites excluding steroid dienone is 1. The molecule has 1 aromatic rings. The molecule has 0 aliphatic carbocycles. The molecule has 3 N–H and O–H groups in total. The van der Waals surface area contributed by atoms with Gasteiger partial charge in [-0.1, -0.05) is 12.2 Å². The minimum Gasteiger partial charge on any atom is -0.383 e. The molecule has 0 unspecified atom stereocenters. The molecule has 0 spiro atoms. The molecular formula is C10H16N4O. The molecule has 5 nitrogen and oxygen atoms in total. The first-order valence-corrected chi connectivity index (χ1v) is 4.83. The van der Waals surface area contributed by atoms with E-state index >= 15 is 0 Å². The van der Waals surface area contributed by atoms with Gasteiger partial charge in [-0.2, -0.15) is 5.10 Å². The van der Waals surface area contributed by atoms with Gasteiger partial charge < -0.3 is 11.1 Å². The second-order valence-electron chi connectivity index (χ2n) is 3.18. The van der Waals surface area contributed by atoms with E-state index in [4.69, 9.17) is 5.73 Å². The van der Waals surface area contributed by atoms with Gasteiger partial charge >= 0.3 is 0 Å². The lowest BCUT2D eigenvalue weighted by atomic mass is 10.3. The van der Waals surface area contributed by atoms with Crippen molar-refractivity contribution in [3.05, 3.63) is 23.9 Å². The fourth-order valence-electron chi connectivity index (χ4n) is 1.15. The Hall–Kier alpha value is -1.78. The average molecular weight is 208 g/mol. The number of hydrogen-bond donors (Lipinski definition) is 2. The smallest absolute Gasteiger partial charge is 0.256 e. The number of amides is 1. The van der Waals surface area contributed by atoms with E-state index in [-0.39, 0.29) is 5.91 Å². The zero-order valence-corrected chi connectivity index (χ0v) is 9.03. The van der Waals surface area contributed by atoms with Crippen LogP contribution in [0.15, 0.2) is 18.3 Å². The van der Waals surface area contributed by atoms with Gasteiger partial charge in [-0.3, -0.25) is 9.48 Å². The first-order chi connectivity index (χ1) is 7.16. The van der Waals surface area contributed by atoms with E-state index in [1.54, 1.807) is 7.05 Å². The Kier molecular flexibility index (Phi) is 3.91. The molecule has 0 radical (unpaired) electrons. The number of nitrogen functional groups attached to an aromatic ring is 1. The largest absolute Gasteiger partial charge is 0.383 e. The Labute approximate surface area is 89.0 Å².